The lowest BCUT2D eigenvalue weighted by Crippen LogP contribution is -2.24. The van der Waals surface area contributed by atoms with E-state index in [1.807, 2.05) is 6.07 Å². The van der Waals surface area contributed by atoms with E-state index in [2.05, 4.69) is 13.8 Å². The summed E-state index contributed by atoms with van der Waals surface area (Å²) in [4.78, 5) is 12.1. The van der Waals surface area contributed by atoms with Crippen molar-refractivity contribution in [3.05, 3.63) is 23.8 Å². The van der Waals surface area contributed by atoms with Crippen LogP contribution in [0.2, 0.25) is 0 Å². The van der Waals surface area contributed by atoms with Gasteiger partial charge in [-0.3, -0.25) is 0 Å². The molecule has 0 aromatic heterocycles. The Morgan fingerprint density at radius 3 is 2.93 bits per heavy atom. The van der Waals surface area contributed by atoms with E-state index >= 15 is 0 Å². The van der Waals surface area contributed by atoms with Gasteiger partial charge in [0.1, 0.15) is 12.0 Å². The maximum atomic E-state index is 11.0. The van der Waals surface area contributed by atoms with Gasteiger partial charge < -0.3 is 9.90 Å². The zero-order chi connectivity index (χ0) is 11.1. The van der Waals surface area contributed by atoms with Gasteiger partial charge in [-0.25, -0.2) is 0 Å². The lowest BCUT2D eigenvalue weighted by Gasteiger charge is -2.34. The van der Waals surface area contributed by atoms with Crippen LogP contribution in [-0.4, -0.2) is 16.1 Å². The van der Waals surface area contributed by atoms with Crippen molar-refractivity contribution in [1.29, 1.82) is 0 Å². The Bertz CT molecular complexity index is 399. The molecule has 0 bridgehead atoms. The maximum absolute atomic E-state index is 11.0. The summed E-state index contributed by atoms with van der Waals surface area (Å²) in [6.45, 7) is 4.29. The number of carbonyl (C=O) groups is 1. The van der Waals surface area contributed by atoms with Gasteiger partial charge in [-0.15, -0.1) is 11.8 Å². The van der Waals surface area contributed by atoms with Crippen molar-refractivity contribution in [3.8, 4) is 5.75 Å². The number of hydrogen-bond acceptors (Lipinski definition) is 3. The first-order valence-electron chi connectivity index (χ1n) is 4.99. The molecule has 80 valence electrons. The highest BCUT2D eigenvalue weighted by atomic mass is 32.2. The normalized spacial score (nSPS) is 23.2. The van der Waals surface area contributed by atoms with E-state index in [-0.39, 0.29) is 16.4 Å². The molecular formula is C12H14O2S. The van der Waals surface area contributed by atoms with Crippen LogP contribution in [0.15, 0.2) is 23.1 Å². The van der Waals surface area contributed by atoms with Crippen LogP contribution in [0, 0.1) is 0 Å². The minimum absolute atomic E-state index is 0.0802. The molecule has 0 saturated heterocycles. The molecule has 1 atom stereocenters. The average Bonchev–Trinajstić information content (AvgIpc) is 2.16. The summed E-state index contributed by atoms with van der Waals surface area (Å²) in [6.07, 6.45) is 1.82. The van der Waals surface area contributed by atoms with E-state index in [9.17, 15) is 9.90 Å². The standard InChI is InChI=1S/C12H14O2S/c1-12(2)6-8(7-13)10-5-9(14)3-4-11(10)15-12/h3-5,7-8,14H,6H2,1-2H3. The van der Waals surface area contributed by atoms with Crippen molar-refractivity contribution in [1.82, 2.24) is 0 Å². The highest BCUT2D eigenvalue weighted by molar-refractivity contribution is 8.00. The Kier molecular flexibility index (Phi) is 2.51. The van der Waals surface area contributed by atoms with Crippen molar-refractivity contribution in [2.75, 3.05) is 0 Å². The second kappa shape index (κ2) is 3.56. The number of fused-ring (bicyclic) bond motifs is 1. The number of hydrogen-bond donors (Lipinski definition) is 1. The third kappa shape index (κ3) is 2.02. The van der Waals surface area contributed by atoms with Crippen LogP contribution in [-0.2, 0) is 4.79 Å². The molecular weight excluding hydrogens is 208 g/mol. The number of rotatable bonds is 1. The smallest absolute Gasteiger partial charge is 0.127 e. The van der Waals surface area contributed by atoms with Gasteiger partial charge in [-0.05, 0) is 30.2 Å². The Balaban J connectivity index is 2.49. The molecule has 1 aliphatic heterocycles. The van der Waals surface area contributed by atoms with Gasteiger partial charge >= 0.3 is 0 Å². The summed E-state index contributed by atoms with van der Waals surface area (Å²) in [5.41, 5.74) is 0.967. The number of phenolic OH excluding ortho intramolecular Hbond substituents is 1. The zero-order valence-electron chi connectivity index (χ0n) is 8.86. The minimum atomic E-state index is -0.0802. The quantitative estimate of drug-likeness (QED) is 0.742. The van der Waals surface area contributed by atoms with Crippen molar-refractivity contribution in [2.24, 2.45) is 0 Å². The van der Waals surface area contributed by atoms with E-state index in [4.69, 9.17) is 0 Å². The summed E-state index contributed by atoms with van der Waals surface area (Å²) in [7, 11) is 0. The first-order valence-corrected chi connectivity index (χ1v) is 5.81. The van der Waals surface area contributed by atoms with Gasteiger partial charge in [0.25, 0.3) is 0 Å². The molecule has 0 amide bonds. The molecule has 0 spiro atoms. The van der Waals surface area contributed by atoms with Crippen molar-refractivity contribution in [2.45, 2.75) is 35.8 Å². The van der Waals surface area contributed by atoms with E-state index in [1.165, 1.54) is 0 Å². The SMILES string of the molecule is CC1(C)CC(C=O)c2cc(O)ccc2S1. The Morgan fingerprint density at radius 2 is 2.27 bits per heavy atom. The van der Waals surface area contributed by atoms with Crippen molar-refractivity contribution >= 4 is 18.0 Å². The van der Waals surface area contributed by atoms with Gasteiger partial charge in [0.05, 0.1) is 0 Å². The predicted octanol–water partition coefficient (Wildman–Crippen LogP) is 2.95. The van der Waals surface area contributed by atoms with E-state index in [1.54, 1.807) is 23.9 Å². The van der Waals surface area contributed by atoms with Crippen LogP contribution in [0.4, 0.5) is 0 Å². The molecule has 1 heterocycles. The van der Waals surface area contributed by atoms with Gasteiger partial charge in [-0.1, -0.05) is 13.8 Å². The summed E-state index contributed by atoms with van der Waals surface area (Å²) >= 11 is 1.77. The third-order valence-electron chi connectivity index (χ3n) is 2.65. The van der Waals surface area contributed by atoms with Gasteiger partial charge in [0, 0.05) is 15.6 Å². The van der Waals surface area contributed by atoms with Gasteiger partial charge in [0.15, 0.2) is 0 Å². The number of phenols is 1. The molecule has 1 aromatic carbocycles. The number of thioether (sulfide) groups is 1. The maximum Gasteiger partial charge on any atom is 0.127 e. The lowest BCUT2D eigenvalue weighted by atomic mass is 9.90. The fraction of sp³-hybridized carbons (Fsp3) is 0.417. The third-order valence-corrected chi connectivity index (χ3v) is 3.97. The number of carbonyl (C=O) groups excluding carboxylic acids is 1. The second-order valence-electron chi connectivity index (χ2n) is 4.53. The second-order valence-corrected chi connectivity index (χ2v) is 6.28. The topological polar surface area (TPSA) is 37.3 Å². The van der Waals surface area contributed by atoms with Crippen molar-refractivity contribution in [3.63, 3.8) is 0 Å². The molecule has 2 rings (SSSR count). The van der Waals surface area contributed by atoms with E-state index in [0.717, 1.165) is 23.2 Å². The molecule has 15 heavy (non-hydrogen) atoms. The van der Waals surface area contributed by atoms with E-state index in [0.29, 0.717) is 0 Å². The molecule has 1 unspecified atom stereocenters. The molecule has 0 fully saturated rings. The molecule has 2 nitrogen and oxygen atoms in total. The monoisotopic (exact) mass is 222 g/mol. The lowest BCUT2D eigenvalue weighted by molar-refractivity contribution is -0.109. The summed E-state index contributed by atoms with van der Waals surface area (Å²) in [5.74, 6) is 0.157. The van der Waals surface area contributed by atoms with Gasteiger partial charge in [0.2, 0.25) is 0 Å². The Morgan fingerprint density at radius 1 is 1.53 bits per heavy atom. The van der Waals surface area contributed by atoms with Crippen LogP contribution in [0.1, 0.15) is 31.7 Å². The zero-order valence-corrected chi connectivity index (χ0v) is 9.67. The molecule has 0 radical (unpaired) electrons. The molecule has 1 aliphatic rings. The highest BCUT2D eigenvalue weighted by Crippen LogP contribution is 2.48. The molecule has 0 saturated carbocycles. The fourth-order valence-electron chi connectivity index (χ4n) is 2.02. The molecule has 1 aromatic rings. The van der Waals surface area contributed by atoms with Crippen LogP contribution >= 0.6 is 11.8 Å². The number of aromatic hydroxyl groups is 1. The predicted molar refractivity (Wildman–Crippen MR) is 61.5 cm³/mol. The Labute approximate surface area is 93.7 Å². The van der Waals surface area contributed by atoms with Gasteiger partial charge in [-0.2, -0.15) is 0 Å². The van der Waals surface area contributed by atoms with Crippen molar-refractivity contribution < 1.29 is 9.90 Å². The number of aldehydes is 1. The first-order chi connectivity index (χ1) is 7.02. The summed E-state index contributed by atoms with van der Waals surface area (Å²) in [6, 6.07) is 5.28. The first kappa shape index (κ1) is 10.6. The molecule has 0 aliphatic carbocycles. The largest absolute Gasteiger partial charge is 0.508 e. The molecule has 1 N–H and O–H groups in total. The number of benzene rings is 1. The molecule has 3 heteroatoms. The summed E-state index contributed by atoms with van der Waals surface area (Å²) < 4.78 is 0.0928. The summed E-state index contributed by atoms with van der Waals surface area (Å²) in [5, 5.41) is 9.41. The fourth-order valence-corrected chi connectivity index (χ4v) is 3.34. The highest BCUT2D eigenvalue weighted by Gasteiger charge is 2.32. The van der Waals surface area contributed by atoms with E-state index < -0.39 is 0 Å². The Hall–Kier alpha value is -0.960. The average molecular weight is 222 g/mol. The van der Waals surface area contributed by atoms with Crippen LogP contribution in [0.3, 0.4) is 0 Å². The van der Waals surface area contributed by atoms with Crippen LogP contribution in [0.25, 0.3) is 0 Å². The van der Waals surface area contributed by atoms with Crippen LogP contribution in [0.5, 0.6) is 5.75 Å². The van der Waals surface area contributed by atoms with Crippen LogP contribution < -0.4 is 0 Å². The minimum Gasteiger partial charge on any atom is -0.508 e.